The number of rotatable bonds is 5. The second-order valence-electron chi connectivity index (χ2n) is 5.87. The summed E-state index contributed by atoms with van der Waals surface area (Å²) in [4.78, 5) is 4.19. The number of benzene rings is 1. The Balaban J connectivity index is 1.96. The van der Waals surface area contributed by atoms with E-state index in [9.17, 15) is 4.39 Å². The average Bonchev–Trinajstić information content (AvgIpc) is 3.00. The molecule has 0 spiro atoms. The Hall–Kier alpha value is -2.08. The molecule has 0 aliphatic rings. The molecule has 0 fully saturated rings. The SMILES string of the molecule is CN=C(NCc1ccn[nH]1)NCC(C)(C)c1ccc(F)cc1Cl. The molecule has 5 nitrogen and oxygen atoms in total. The number of nitrogens with one attached hydrogen (secondary N) is 3. The highest BCUT2D eigenvalue weighted by Crippen LogP contribution is 2.29. The summed E-state index contributed by atoms with van der Waals surface area (Å²) in [5.74, 6) is 0.338. The first-order chi connectivity index (χ1) is 10.9. The van der Waals surface area contributed by atoms with Gasteiger partial charge in [0.2, 0.25) is 0 Å². The number of nitrogens with zero attached hydrogens (tertiary/aromatic N) is 2. The molecular formula is C16H21ClFN5. The van der Waals surface area contributed by atoms with Crippen molar-refractivity contribution in [2.45, 2.75) is 25.8 Å². The number of aliphatic imine (C=N–C) groups is 1. The van der Waals surface area contributed by atoms with Gasteiger partial charge in [0, 0.05) is 30.2 Å². The quantitative estimate of drug-likeness (QED) is 0.580. The van der Waals surface area contributed by atoms with E-state index in [-0.39, 0.29) is 11.2 Å². The monoisotopic (exact) mass is 337 g/mol. The predicted molar refractivity (Wildman–Crippen MR) is 91.2 cm³/mol. The van der Waals surface area contributed by atoms with Crippen molar-refractivity contribution in [1.82, 2.24) is 20.8 Å². The summed E-state index contributed by atoms with van der Waals surface area (Å²) in [5, 5.41) is 13.7. The molecule has 0 saturated heterocycles. The first kappa shape index (κ1) is 17.3. The lowest BCUT2D eigenvalue weighted by atomic mass is 9.84. The smallest absolute Gasteiger partial charge is 0.191 e. The second kappa shape index (κ2) is 7.46. The van der Waals surface area contributed by atoms with E-state index in [0.29, 0.717) is 24.1 Å². The van der Waals surface area contributed by atoms with Gasteiger partial charge >= 0.3 is 0 Å². The summed E-state index contributed by atoms with van der Waals surface area (Å²) in [6.45, 7) is 5.28. The fraction of sp³-hybridized carbons (Fsp3) is 0.375. The summed E-state index contributed by atoms with van der Waals surface area (Å²) in [6.07, 6.45) is 1.70. The number of aromatic amines is 1. The van der Waals surface area contributed by atoms with Gasteiger partial charge in [-0.1, -0.05) is 31.5 Å². The zero-order valence-corrected chi connectivity index (χ0v) is 14.2. The van der Waals surface area contributed by atoms with Crippen LogP contribution < -0.4 is 10.6 Å². The molecule has 23 heavy (non-hydrogen) atoms. The second-order valence-corrected chi connectivity index (χ2v) is 6.28. The van der Waals surface area contributed by atoms with Crippen LogP contribution in [0.5, 0.6) is 0 Å². The first-order valence-corrected chi connectivity index (χ1v) is 7.68. The molecule has 0 aliphatic carbocycles. The van der Waals surface area contributed by atoms with Crippen molar-refractivity contribution in [3.63, 3.8) is 0 Å². The van der Waals surface area contributed by atoms with Crippen molar-refractivity contribution < 1.29 is 4.39 Å². The predicted octanol–water partition coefficient (Wildman–Crippen LogP) is 2.85. The standard InChI is InChI=1S/C16H21ClFN5/c1-16(2,13-5-4-11(18)8-14(13)17)10-21-15(19-3)20-9-12-6-7-22-23-12/h4-8H,9-10H2,1-3H3,(H,22,23)(H2,19,20,21). The van der Waals surface area contributed by atoms with Crippen LogP contribution in [-0.4, -0.2) is 29.7 Å². The maximum atomic E-state index is 13.2. The van der Waals surface area contributed by atoms with Gasteiger partial charge in [-0.2, -0.15) is 5.10 Å². The molecule has 1 heterocycles. The Morgan fingerprint density at radius 1 is 1.35 bits per heavy atom. The molecule has 1 aromatic carbocycles. The van der Waals surface area contributed by atoms with Crippen LogP contribution in [0.4, 0.5) is 4.39 Å². The molecule has 0 bridgehead atoms. The fourth-order valence-electron chi connectivity index (χ4n) is 2.22. The van der Waals surface area contributed by atoms with Gasteiger partial charge in [0.15, 0.2) is 5.96 Å². The summed E-state index contributed by atoms with van der Waals surface area (Å²) in [7, 11) is 1.71. The molecule has 0 radical (unpaired) electrons. The Labute approximate surface area is 140 Å². The molecule has 3 N–H and O–H groups in total. The van der Waals surface area contributed by atoms with Gasteiger partial charge in [0.25, 0.3) is 0 Å². The normalized spacial score (nSPS) is 12.3. The van der Waals surface area contributed by atoms with Gasteiger partial charge < -0.3 is 10.6 Å². The molecule has 0 amide bonds. The number of halogens is 2. The van der Waals surface area contributed by atoms with Crippen molar-refractivity contribution >= 4 is 17.6 Å². The van der Waals surface area contributed by atoms with Crippen molar-refractivity contribution in [1.29, 1.82) is 0 Å². The van der Waals surface area contributed by atoms with Crippen molar-refractivity contribution in [3.8, 4) is 0 Å². The van der Waals surface area contributed by atoms with Crippen LogP contribution in [0.15, 0.2) is 35.5 Å². The number of hydrogen-bond acceptors (Lipinski definition) is 2. The van der Waals surface area contributed by atoms with E-state index in [2.05, 4.69) is 25.8 Å². The van der Waals surface area contributed by atoms with Gasteiger partial charge in [-0.25, -0.2) is 4.39 Å². The minimum atomic E-state index is -0.334. The molecule has 2 rings (SSSR count). The minimum Gasteiger partial charge on any atom is -0.356 e. The van der Waals surface area contributed by atoms with Gasteiger partial charge in [-0.15, -0.1) is 0 Å². The van der Waals surface area contributed by atoms with E-state index in [1.807, 2.05) is 19.9 Å². The zero-order valence-electron chi connectivity index (χ0n) is 13.5. The van der Waals surface area contributed by atoms with Crippen LogP contribution >= 0.6 is 11.6 Å². The largest absolute Gasteiger partial charge is 0.356 e. The van der Waals surface area contributed by atoms with Crippen molar-refractivity contribution in [2.75, 3.05) is 13.6 Å². The Kier molecular flexibility index (Phi) is 5.60. The lowest BCUT2D eigenvalue weighted by Crippen LogP contribution is -2.43. The van der Waals surface area contributed by atoms with Gasteiger partial charge in [0.1, 0.15) is 5.82 Å². The number of hydrogen-bond donors (Lipinski definition) is 3. The first-order valence-electron chi connectivity index (χ1n) is 7.30. The molecule has 0 unspecified atom stereocenters. The van der Waals surface area contributed by atoms with E-state index < -0.39 is 0 Å². The number of H-pyrrole nitrogens is 1. The van der Waals surface area contributed by atoms with Gasteiger partial charge in [-0.3, -0.25) is 10.1 Å². The number of guanidine groups is 1. The third-order valence-electron chi connectivity index (χ3n) is 3.59. The lowest BCUT2D eigenvalue weighted by molar-refractivity contribution is 0.507. The molecule has 124 valence electrons. The van der Waals surface area contributed by atoms with Crippen molar-refractivity contribution in [3.05, 3.63) is 52.6 Å². The molecule has 0 saturated carbocycles. The molecular weight excluding hydrogens is 317 g/mol. The third kappa shape index (κ3) is 4.69. The van der Waals surface area contributed by atoms with Crippen molar-refractivity contribution in [2.24, 2.45) is 4.99 Å². The van der Waals surface area contributed by atoms with E-state index in [1.165, 1.54) is 12.1 Å². The summed E-state index contributed by atoms with van der Waals surface area (Å²) in [6, 6.07) is 6.38. The lowest BCUT2D eigenvalue weighted by Gasteiger charge is -2.27. The minimum absolute atomic E-state index is 0.281. The van der Waals surface area contributed by atoms with Crippen LogP contribution in [0.2, 0.25) is 5.02 Å². The summed E-state index contributed by atoms with van der Waals surface area (Å²) < 4.78 is 13.2. The summed E-state index contributed by atoms with van der Waals surface area (Å²) in [5.41, 5.74) is 1.57. The summed E-state index contributed by atoms with van der Waals surface area (Å²) >= 11 is 6.17. The average molecular weight is 338 g/mol. The Morgan fingerprint density at radius 3 is 2.74 bits per heavy atom. The topological polar surface area (TPSA) is 65.1 Å². The maximum Gasteiger partial charge on any atom is 0.191 e. The third-order valence-corrected chi connectivity index (χ3v) is 3.90. The van der Waals surface area contributed by atoms with Crippen LogP contribution in [0, 0.1) is 5.82 Å². The van der Waals surface area contributed by atoms with E-state index in [1.54, 1.807) is 19.3 Å². The highest BCUT2D eigenvalue weighted by atomic mass is 35.5. The molecule has 7 heteroatoms. The Bertz CT molecular complexity index is 667. The number of aromatic nitrogens is 2. The molecule has 0 atom stereocenters. The van der Waals surface area contributed by atoms with Crippen LogP contribution in [0.25, 0.3) is 0 Å². The van der Waals surface area contributed by atoms with Crippen LogP contribution in [0.1, 0.15) is 25.1 Å². The highest BCUT2D eigenvalue weighted by molar-refractivity contribution is 6.31. The van der Waals surface area contributed by atoms with Gasteiger partial charge in [-0.05, 0) is 23.8 Å². The molecule has 1 aromatic heterocycles. The van der Waals surface area contributed by atoms with Crippen LogP contribution in [-0.2, 0) is 12.0 Å². The van der Waals surface area contributed by atoms with E-state index in [4.69, 9.17) is 11.6 Å². The van der Waals surface area contributed by atoms with E-state index >= 15 is 0 Å². The molecule has 2 aromatic rings. The zero-order chi connectivity index (χ0) is 16.9. The van der Waals surface area contributed by atoms with E-state index in [0.717, 1.165) is 11.3 Å². The van der Waals surface area contributed by atoms with Crippen LogP contribution in [0.3, 0.4) is 0 Å². The maximum absolute atomic E-state index is 13.2. The molecule has 0 aliphatic heterocycles. The van der Waals surface area contributed by atoms with Gasteiger partial charge in [0.05, 0.1) is 12.2 Å². The highest BCUT2D eigenvalue weighted by Gasteiger charge is 2.24. The Morgan fingerprint density at radius 2 is 2.13 bits per heavy atom. The fourth-order valence-corrected chi connectivity index (χ4v) is 2.64.